The van der Waals surface area contributed by atoms with Crippen LogP contribution in [0, 0.1) is 0 Å². The zero-order valence-electron chi connectivity index (χ0n) is 12.4. The number of aryl methyl sites for hydroxylation is 1. The van der Waals surface area contributed by atoms with E-state index >= 15 is 0 Å². The number of carboxylic acids is 1. The Morgan fingerprint density at radius 3 is 2.70 bits per heavy atom. The van der Waals surface area contributed by atoms with E-state index < -0.39 is 5.97 Å². The fourth-order valence-corrected chi connectivity index (χ4v) is 2.41. The molecule has 0 unspecified atom stereocenters. The van der Waals surface area contributed by atoms with Gasteiger partial charge in [-0.1, -0.05) is 25.1 Å². The second-order valence-electron chi connectivity index (χ2n) is 5.07. The van der Waals surface area contributed by atoms with E-state index in [9.17, 15) is 9.90 Å². The SMILES string of the molecule is CCc1ccccc1N=Nc1c(O)[nH]c2ccc(C(=O)O)cc12. The minimum atomic E-state index is -1.04. The molecule has 0 saturated heterocycles. The topological polar surface area (TPSA) is 98.0 Å². The van der Waals surface area contributed by atoms with E-state index in [0.29, 0.717) is 10.9 Å². The quantitative estimate of drug-likeness (QED) is 0.616. The smallest absolute Gasteiger partial charge is 0.335 e. The van der Waals surface area contributed by atoms with E-state index in [2.05, 4.69) is 15.2 Å². The van der Waals surface area contributed by atoms with Crippen LogP contribution in [0.1, 0.15) is 22.8 Å². The maximum atomic E-state index is 11.1. The van der Waals surface area contributed by atoms with Crippen molar-refractivity contribution in [2.45, 2.75) is 13.3 Å². The molecule has 0 radical (unpaired) electrons. The molecule has 0 aliphatic heterocycles. The molecule has 3 rings (SSSR count). The standard InChI is InChI=1S/C17H15N3O3/c1-2-10-5-3-4-6-13(10)19-20-15-12-9-11(17(22)23)7-8-14(12)18-16(15)21/h3-9,18,21H,2H2,1H3,(H,22,23). The molecule has 6 nitrogen and oxygen atoms in total. The fraction of sp³-hybridized carbons (Fsp3) is 0.118. The Labute approximate surface area is 132 Å². The molecule has 0 fully saturated rings. The Balaban J connectivity index is 2.08. The van der Waals surface area contributed by atoms with Gasteiger partial charge in [-0.2, -0.15) is 5.11 Å². The van der Waals surface area contributed by atoms with Gasteiger partial charge in [0.05, 0.1) is 16.8 Å². The van der Waals surface area contributed by atoms with Crippen molar-refractivity contribution in [3.63, 3.8) is 0 Å². The van der Waals surface area contributed by atoms with Gasteiger partial charge in [0.2, 0.25) is 5.88 Å². The average molecular weight is 309 g/mol. The predicted octanol–water partition coefficient (Wildman–Crippen LogP) is 4.55. The number of aromatic nitrogens is 1. The third-order valence-corrected chi connectivity index (χ3v) is 3.63. The fourth-order valence-electron chi connectivity index (χ4n) is 2.41. The van der Waals surface area contributed by atoms with Crippen molar-refractivity contribution in [3.8, 4) is 5.88 Å². The second-order valence-corrected chi connectivity index (χ2v) is 5.07. The van der Waals surface area contributed by atoms with Crippen LogP contribution in [-0.2, 0) is 6.42 Å². The van der Waals surface area contributed by atoms with Crippen LogP contribution in [-0.4, -0.2) is 21.2 Å². The monoisotopic (exact) mass is 309 g/mol. The number of hydrogen-bond donors (Lipinski definition) is 3. The molecule has 0 saturated carbocycles. The van der Waals surface area contributed by atoms with Gasteiger partial charge in [-0.25, -0.2) is 4.79 Å². The van der Waals surface area contributed by atoms with Gasteiger partial charge in [-0.05, 0) is 36.2 Å². The number of aromatic amines is 1. The summed E-state index contributed by atoms with van der Waals surface area (Å²) in [6, 6.07) is 12.1. The van der Waals surface area contributed by atoms with Gasteiger partial charge in [0, 0.05) is 5.39 Å². The summed E-state index contributed by atoms with van der Waals surface area (Å²) in [4.78, 5) is 13.9. The highest BCUT2D eigenvalue weighted by molar-refractivity contribution is 5.99. The number of carbonyl (C=O) groups is 1. The first-order valence-electron chi connectivity index (χ1n) is 7.17. The molecule has 0 amide bonds. The molecule has 0 spiro atoms. The second kappa shape index (κ2) is 5.92. The van der Waals surface area contributed by atoms with E-state index in [1.165, 1.54) is 12.1 Å². The maximum absolute atomic E-state index is 11.1. The number of aromatic hydroxyl groups is 1. The van der Waals surface area contributed by atoms with Crippen LogP contribution in [0.4, 0.5) is 11.4 Å². The van der Waals surface area contributed by atoms with E-state index in [1.54, 1.807) is 6.07 Å². The molecule has 3 aromatic rings. The Morgan fingerprint density at radius 1 is 1.17 bits per heavy atom. The minimum Gasteiger partial charge on any atom is -0.493 e. The summed E-state index contributed by atoms with van der Waals surface area (Å²) < 4.78 is 0. The molecule has 1 aromatic heterocycles. The van der Waals surface area contributed by atoms with Crippen LogP contribution >= 0.6 is 0 Å². The summed E-state index contributed by atoms with van der Waals surface area (Å²) in [5.41, 5.74) is 2.72. The first kappa shape index (κ1) is 14.8. The number of nitrogens with zero attached hydrogens (tertiary/aromatic N) is 2. The number of aromatic carboxylic acids is 1. The van der Waals surface area contributed by atoms with Crippen molar-refractivity contribution in [2.24, 2.45) is 10.2 Å². The van der Waals surface area contributed by atoms with Crippen LogP contribution in [0.25, 0.3) is 10.9 Å². The Morgan fingerprint density at radius 2 is 1.96 bits per heavy atom. The first-order valence-corrected chi connectivity index (χ1v) is 7.17. The molecule has 0 atom stereocenters. The van der Waals surface area contributed by atoms with Gasteiger partial charge < -0.3 is 15.2 Å². The number of nitrogens with one attached hydrogen (secondary N) is 1. The van der Waals surface area contributed by atoms with Gasteiger partial charge in [0.15, 0.2) is 5.69 Å². The Kier molecular flexibility index (Phi) is 3.80. The van der Waals surface area contributed by atoms with E-state index in [0.717, 1.165) is 17.7 Å². The average Bonchev–Trinajstić information content (AvgIpc) is 2.87. The maximum Gasteiger partial charge on any atom is 0.335 e. The van der Waals surface area contributed by atoms with Crippen LogP contribution in [0.5, 0.6) is 5.88 Å². The lowest BCUT2D eigenvalue weighted by atomic mass is 10.1. The van der Waals surface area contributed by atoms with Crippen LogP contribution in [0.15, 0.2) is 52.7 Å². The number of benzene rings is 2. The van der Waals surface area contributed by atoms with Crippen molar-refractivity contribution in [1.82, 2.24) is 4.98 Å². The van der Waals surface area contributed by atoms with Crippen molar-refractivity contribution in [1.29, 1.82) is 0 Å². The van der Waals surface area contributed by atoms with Crippen molar-refractivity contribution < 1.29 is 15.0 Å². The Hall–Kier alpha value is -3.15. The number of H-pyrrole nitrogens is 1. The summed E-state index contributed by atoms with van der Waals surface area (Å²) in [5, 5.41) is 27.9. The molecular formula is C17H15N3O3. The third-order valence-electron chi connectivity index (χ3n) is 3.63. The number of azo groups is 1. The van der Waals surface area contributed by atoms with Crippen molar-refractivity contribution in [3.05, 3.63) is 53.6 Å². The first-order chi connectivity index (χ1) is 11.1. The highest BCUT2D eigenvalue weighted by Gasteiger charge is 2.13. The van der Waals surface area contributed by atoms with Gasteiger partial charge in [0.25, 0.3) is 0 Å². The molecule has 0 bridgehead atoms. The number of hydrogen-bond acceptors (Lipinski definition) is 4. The third kappa shape index (κ3) is 2.78. The van der Waals surface area contributed by atoms with Crippen LogP contribution in [0.3, 0.4) is 0 Å². The Bertz CT molecular complexity index is 913. The summed E-state index contributed by atoms with van der Waals surface area (Å²) >= 11 is 0. The van der Waals surface area contributed by atoms with Gasteiger partial charge in [-0.15, -0.1) is 5.11 Å². The van der Waals surface area contributed by atoms with E-state index in [1.807, 2.05) is 31.2 Å². The molecule has 0 aliphatic rings. The highest BCUT2D eigenvalue weighted by Crippen LogP contribution is 2.37. The van der Waals surface area contributed by atoms with Gasteiger partial charge >= 0.3 is 5.97 Å². The number of carboxylic acid groups (broad SMARTS) is 1. The van der Waals surface area contributed by atoms with Gasteiger partial charge in [-0.3, -0.25) is 0 Å². The normalized spacial score (nSPS) is 11.3. The lowest BCUT2D eigenvalue weighted by molar-refractivity contribution is 0.0697. The number of fused-ring (bicyclic) bond motifs is 1. The molecule has 1 heterocycles. The van der Waals surface area contributed by atoms with Crippen LogP contribution < -0.4 is 0 Å². The highest BCUT2D eigenvalue weighted by atomic mass is 16.4. The van der Waals surface area contributed by atoms with Gasteiger partial charge in [0.1, 0.15) is 0 Å². The summed E-state index contributed by atoms with van der Waals surface area (Å²) in [7, 11) is 0. The molecule has 2 aromatic carbocycles. The minimum absolute atomic E-state index is 0.127. The molecule has 3 N–H and O–H groups in total. The molecule has 116 valence electrons. The lowest BCUT2D eigenvalue weighted by Gasteiger charge is -2.00. The summed E-state index contributed by atoms with van der Waals surface area (Å²) in [6.07, 6.45) is 0.818. The zero-order valence-corrected chi connectivity index (χ0v) is 12.4. The summed E-state index contributed by atoms with van der Waals surface area (Å²) in [6.45, 7) is 2.02. The zero-order chi connectivity index (χ0) is 16.4. The van der Waals surface area contributed by atoms with Crippen LogP contribution in [0.2, 0.25) is 0 Å². The predicted molar refractivity (Wildman–Crippen MR) is 86.9 cm³/mol. The largest absolute Gasteiger partial charge is 0.493 e. The number of rotatable bonds is 4. The van der Waals surface area contributed by atoms with E-state index in [4.69, 9.17) is 5.11 Å². The van der Waals surface area contributed by atoms with E-state index in [-0.39, 0.29) is 17.1 Å². The molecule has 23 heavy (non-hydrogen) atoms. The van der Waals surface area contributed by atoms with Crippen molar-refractivity contribution in [2.75, 3.05) is 0 Å². The molecule has 0 aliphatic carbocycles. The molecule has 6 heteroatoms. The summed E-state index contributed by atoms with van der Waals surface area (Å²) in [5.74, 6) is -1.17. The van der Waals surface area contributed by atoms with Crippen molar-refractivity contribution >= 4 is 28.2 Å². The molecular weight excluding hydrogens is 294 g/mol. The lowest BCUT2D eigenvalue weighted by Crippen LogP contribution is -1.94.